The number of nitrogens with two attached hydrogens (primary N) is 1. The van der Waals surface area contributed by atoms with Crippen LogP contribution in [0, 0.1) is 0 Å². The summed E-state index contributed by atoms with van der Waals surface area (Å²) < 4.78 is 1.43. The van der Waals surface area contributed by atoms with Gasteiger partial charge in [0, 0.05) is 18.8 Å². The standard InChI is InChI=1S/C8H12N2O2/c9-5-7(11)6-10-4-2-1-3-8(10)12/h1-4,7,11H,5-6,9H2/t7-/m0/s1. The van der Waals surface area contributed by atoms with Gasteiger partial charge in [0.1, 0.15) is 0 Å². The highest BCUT2D eigenvalue weighted by Gasteiger charge is 2.01. The lowest BCUT2D eigenvalue weighted by atomic mass is 10.3. The predicted octanol–water partition coefficient (Wildman–Crippen LogP) is -0.832. The zero-order valence-electron chi connectivity index (χ0n) is 6.68. The van der Waals surface area contributed by atoms with Crippen LogP contribution < -0.4 is 11.3 Å². The van der Waals surface area contributed by atoms with Crippen LogP contribution in [0.4, 0.5) is 0 Å². The van der Waals surface area contributed by atoms with Crippen molar-refractivity contribution >= 4 is 0 Å². The summed E-state index contributed by atoms with van der Waals surface area (Å²) >= 11 is 0. The van der Waals surface area contributed by atoms with Crippen LogP contribution in [0.3, 0.4) is 0 Å². The Hall–Kier alpha value is -1.13. The van der Waals surface area contributed by atoms with Crippen LogP contribution in [0.1, 0.15) is 0 Å². The van der Waals surface area contributed by atoms with Gasteiger partial charge in [0.15, 0.2) is 0 Å². The Morgan fingerprint density at radius 3 is 2.92 bits per heavy atom. The third kappa shape index (κ3) is 2.18. The van der Waals surface area contributed by atoms with Crippen LogP contribution in [-0.4, -0.2) is 22.3 Å². The van der Waals surface area contributed by atoms with Crippen LogP contribution in [0.15, 0.2) is 29.2 Å². The summed E-state index contributed by atoms with van der Waals surface area (Å²) in [4.78, 5) is 11.1. The minimum absolute atomic E-state index is 0.120. The van der Waals surface area contributed by atoms with E-state index < -0.39 is 6.10 Å². The highest BCUT2D eigenvalue weighted by atomic mass is 16.3. The summed E-state index contributed by atoms with van der Waals surface area (Å²) in [5.74, 6) is 0. The van der Waals surface area contributed by atoms with E-state index in [1.807, 2.05) is 0 Å². The molecular weight excluding hydrogens is 156 g/mol. The molecular formula is C8H12N2O2. The van der Waals surface area contributed by atoms with Crippen molar-refractivity contribution in [2.24, 2.45) is 5.73 Å². The first-order valence-corrected chi connectivity index (χ1v) is 3.77. The van der Waals surface area contributed by atoms with E-state index in [4.69, 9.17) is 10.8 Å². The van der Waals surface area contributed by atoms with Crippen LogP contribution >= 0.6 is 0 Å². The van der Waals surface area contributed by atoms with Crippen molar-refractivity contribution in [3.05, 3.63) is 34.7 Å². The maximum absolute atomic E-state index is 11.1. The van der Waals surface area contributed by atoms with E-state index in [0.717, 1.165) is 0 Å². The van der Waals surface area contributed by atoms with E-state index in [0.29, 0.717) is 0 Å². The first kappa shape index (κ1) is 8.96. The van der Waals surface area contributed by atoms with E-state index in [9.17, 15) is 4.79 Å². The Morgan fingerprint density at radius 1 is 1.58 bits per heavy atom. The molecule has 1 rings (SSSR count). The number of rotatable bonds is 3. The van der Waals surface area contributed by atoms with E-state index in [-0.39, 0.29) is 18.6 Å². The molecule has 4 heteroatoms. The lowest BCUT2D eigenvalue weighted by Gasteiger charge is -2.08. The molecule has 0 aromatic carbocycles. The molecule has 0 radical (unpaired) electrons. The molecule has 1 atom stereocenters. The van der Waals surface area contributed by atoms with Gasteiger partial charge in [-0.15, -0.1) is 0 Å². The summed E-state index contributed by atoms with van der Waals surface area (Å²) in [5, 5.41) is 9.15. The molecule has 1 heterocycles. The minimum Gasteiger partial charge on any atom is -0.390 e. The molecule has 0 aliphatic carbocycles. The smallest absolute Gasteiger partial charge is 0.250 e. The number of hydrogen-bond donors (Lipinski definition) is 2. The molecule has 0 amide bonds. The number of pyridine rings is 1. The molecule has 0 spiro atoms. The van der Waals surface area contributed by atoms with Crippen LogP contribution in [0.25, 0.3) is 0 Å². The Balaban J connectivity index is 2.76. The van der Waals surface area contributed by atoms with Gasteiger partial charge in [-0.3, -0.25) is 4.79 Å². The normalized spacial score (nSPS) is 12.8. The van der Waals surface area contributed by atoms with Crippen molar-refractivity contribution in [3.8, 4) is 0 Å². The molecule has 0 fully saturated rings. The first-order valence-electron chi connectivity index (χ1n) is 3.77. The monoisotopic (exact) mass is 168 g/mol. The van der Waals surface area contributed by atoms with Gasteiger partial charge in [-0.25, -0.2) is 0 Å². The average molecular weight is 168 g/mol. The largest absolute Gasteiger partial charge is 0.390 e. The molecule has 1 aromatic heterocycles. The second-order valence-corrected chi connectivity index (χ2v) is 2.58. The molecule has 0 unspecified atom stereocenters. The van der Waals surface area contributed by atoms with Gasteiger partial charge >= 0.3 is 0 Å². The van der Waals surface area contributed by atoms with E-state index in [1.165, 1.54) is 10.6 Å². The van der Waals surface area contributed by atoms with Crippen LogP contribution in [0.5, 0.6) is 0 Å². The number of nitrogens with zero attached hydrogens (tertiary/aromatic N) is 1. The van der Waals surface area contributed by atoms with Crippen LogP contribution in [0.2, 0.25) is 0 Å². The second-order valence-electron chi connectivity index (χ2n) is 2.58. The van der Waals surface area contributed by atoms with E-state index >= 15 is 0 Å². The van der Waals surface area contributed by atoms with Gasteiger partial charge < -0.3 is 15.4 Å². The van der Waals surface area contributed by atoms with Crippen LogP contribution in [-0.2, 0) is 6.54 Å². The topological polar surface area (TPSA) is 68.2 Å². The third-order valence-electron chi connectivity index (χ3n) is 1.58. The van der Waals surface area contributed by atoms with Gasteiger partial charge in [-0.2, -0.15) is 0 Å². The van der Waals surface area contributed by atoms with Crippen molar-refractivity contribution in [1.29, 1.82) is 0 Å². The Labute approximate surface area is 70.3 Å². The molecule has 3 N–H and O–H groups in total. The van der Waals surface area contributed by atoms with Gasteiger partial charge in [0.05, 0.1) is 12.6 Å². The predicted molar refractivity (Wildman–Crippen MR) is 45.8 cm³/mol. The first-order chi connectivity index (χ1) is 5.74. The number of aliphatic hydroxyl groups excluding tert-OH is 1. The van der Waals surface area contributed by atoms with Crippen molar-refractivity contribution in [3.63, 3.8) is 0 Å². The Morgan fingerprint density at radius 2 is 2.33 bits per heavy atom. The molecule has 0 bridgehead atoms. The van der Waals surface area contributed by atoms with Crippen molar-refractivity contribution in [2.75, 3.05) is 6.54 Å². The summed E-state index contributed by atoms with van der Waals surface area (Å²) in [7, 11) is 0. The SMILES string of the molecule is NC[C@H](O)Cn1ccccc1=O. The van der Waals surface area contributed by atoms with E-state index in [2.05, 4.69) is 0 Å². The molecule has 0 saturated carbocycles. The van der Waals surface area contributed by atoms with Gasteiger partial charge in [0.25, 0.3) is 5.56 Å². The van der Waals surface area contributed by atoms with Crippen molar-refractivity contribution < 1.29 is 5.11 Å². The fraction of sp³-hybridized carbons (Fsp3) is 0.375. The molecule has 1 aromatic rings. The average Bonchev–Trinajstić information content (AvgIpc) is 2.09. The molecule has 0 aliphatic rings. The van der Waals surface area contributed by atoms with Gasteiger partial charge in [-0.05, 0) is 6.07 Å². The Kier molecular flexibility index (Phi) is 3.01. The third-order valence-corrected chi connectivity index (χ3v) is 1.58. The minimum atomic E-state index is -0.648. The maximum atomic E-state index is 11.1. The lowest BCUT2D eigenvalue weighted by Crippen LogP contribution is -2.30. The molecule has 0 saturated heterocycles. The molecule has 66 valence electrons. The highest BCUT2D eigenvalue weighted by molar-refractivity contribution is 4.93. The van der Waals surface area contributed by atoms with Gasteiger partial charge in [0.2, 0.25) is 0 Å². The zero-order valence-corrected chi connectivity index (χ0v) is 6.68. The Bertz CT molecular complexity index is 295. The zero-order chi connectivity index (χ0) is 8.97. The molecule has 0 aliphatic heterocycles. The maximum Gasteiger partial charge on any atom is 0.250 e. The summed E-state index contributed by atoms with van der Waals surface area (Å²) in [6, 6.07) is 4.85. The van der Waals surface area contributed by atoms with Crippen molar-refractivity contribution in [2.45, 2.75) is 12.6 Å². The molecule has 12 heavy (non-hydrogen) atoms. The summed E-state index contributed by atoms with van der Waals surface area (Å²) in [6.07, 6.45) is 0.978. The number of aromatic nitrogens is 1. The highest BCUT2D eigenvalue weighted by Crippen LogP contribution is 1.86. The molecule has 4 nitrogen and oxygen atoms in total. The summed E-state index contributed by atoms with van der Waals surface area (Å²) in [6.45, 7) is 0.428. The van der Waals surface area contributed by atoms with Gasteiger partial charge in [-0.1, -0.05) is 6.07 Å². The number of aliphatic hydroxyl groups is 1. The van der Waals surface area contributed by atoms with Crippen molar-refractivity contribution in [1.82, 2.24) is 4.57 Å². The fourth-order valence-corrected chi connectivity index (χ4v) is 0.913. The summed E-state index contributed by atoms with van der Waals surface area (Å²) in [5.41, 5.74) is 5.08. The quantitative estimate of drug-likeness (QED) is 0.619. The lowest BCUT2D eigenvalue weighted by molar-refractivity contribution is 0.161. The number of hydrogen-bond acceptors (Lipinski definition) is 3. The fourth-order valence-electron chi connectivity index (χ4n) is 0.913. The van der Waals surface area contributed by atoms with E-state index in [1.54, 1.807) is 18.3 Å². The second kappa shape index (κ2) is 4.04.